The smallest absolute Gasteiger partial charge is 0.317 e. The molecule has 0 bridgehead atoms. The lowest BCUT2D eigenvalue weighted by molar-refractivity contribution is -0.121. The molecule has 0 aromatic heterocycles. The summed E-state index contributed by atoms with van der Waals surface area (Å²) in [5.41, 5.74) is 11.7. The van der Waals surface area contributed by atoms with Crippen LogP contribution in [0.4, 0.5) is 14.9 Å². The minimum atomic E-state index is -0.610. The number of amides is 3. The molecule has 1 aliphatic heterocycles. The number of rotatable bonds is 5. The fraction of sp³-hybridized carbons (Fsp3) is 0.500. The fourth-order valence-corrected chi connectivity index (χ4v) is 2.84. The van der Waals surface area contributed by atoms with Crippen molar-refractivity contribution >= 4 is 29.2 Å². The molecule has 2 rings (SSSR count). The Morgan fingerprint density at radius 3 is 2.80 bits per heavy atom. The Kier molecular flexibility index (Phi) is 6.98. The Hall–Kier alpha value is -1.90. The maximum atomic E-state index is 13.5. The number of carbonyl (C=O) groups is 2. The first-order chi connectivity index (χ1) is 11.9. The van der Waals surface area contributed by atoms with Crippen molar-refractivity contribution in [1.82, 2.24) is 10.2 Å². The van der Waals surface area contributed by atoms with Crippen molar-refractivity contribution in [2.75, 3.05) is 31.5 Å². The third kappa shape index (κ3) is 5.55. The minimum absolute atomic E-state index is 0.0157. The average Bonchev–Trinajstić information content (AvgIpc) is 2.57. The van der Waals surface area contributed by atoms with Crippen molar-refractivity contribution in [3.8, 4) is 0 Å². The lowest BCUT2D eigenvalue weighted by atomic mass is 9.94. The summed E-state index contributed by atoms with van der Waals surface area (Å²) in [6.07, 6.45) is 1.13. The highest BCUT2D eigenvalue weighted by atomic mass is 35.5. The molecule has 7 nitrogen and oxygen atoms in total. The molecule has 9 heteroatoms. The van der Waals surface area contributed by atoms with E-state index in [9.17, 15) is 14.0 Å². The van der Waals surface area contributed by atoms with Gasteiger partial charge in [0.2, 0.25) is 5.91 Å². The summed E-state index contributed by atoms with van der Waals surface area (Å²) in [5, 5.41) is 5.38. The number of piperidine rings is 1. The molecular formula is C16H23ClFN5O2. The Morgan fingerprint density at radius 2 is 2.12 bits per heavy atom. The lowest BCUT2D eigenvalue weighted by Gasteiger charge is -2.35. The largest absolute Gasteiger partial charge is 0.338 e. The average molecular weight is 372 g/mol. The summed E-state index contributed by atoms with van der Waals surface area (Å²) in [6.45, 7) is 1.60. The summed E-state index contributed by atoms with van der Waals surface area (Å²) in [5.74, 6) is -1.39. The van der Waals surface area contributed by atoms with Gasteiger partial charge in [-0.3, -0.25) is 4.79 Å². The van der Waals surface area contributed by atoms with Crippen LogP contribution >= 0.6 is 11.6 Å². The molecule has 1 saturated heterocycles. The number of nitrogens with one attached hydrogen (secondary N) is 2. The van der Waals surface area contributed by atoms with Crippen LogP contribution in [0.5, 0.6) is 0 Å². The van der Waals surface area contributed by atoms with Crippen LogP contribution < -0.4 is 22.1 Å². The molecule has 6 N–H and O–H groups in total. The molecule has 0 aliphatic carbocycles. The van der Waals surface area contributed by atoms with Gasteiger partial charge in [-0.1, -0.05) is 11.6 Å². The quantitative estimate of drug-likeness (QED) is 0.581. The standard InChI is InChI=1S/C16H23ClFN5O2/c17-13-3-2-12(7-14(13)18)22-15(24)10-6-11(20)9-23(8-10)16(25)21-5-1-4-19/h2-3,7,10-11H,1,4-6,8-9,19-20H2,(H,21,25)(H,22,24)/t10?,11-/m1/s1. The van der Waals surface area contributed by atoms with Gasteiger partial charge in [-0.2, -0.15) is 0 Å². The molecule has 1 fully saturated rings. The van der Waals surface area contributed by atoms with Gasteiger partial charge in [0.1, 0.15) is 5.82 Å². The van der Waals surface area contributed by atoms with Gasteiger partial charge in [-0.05, 0) is 37.6 Å². The normalized spacial score (nSPS) is 20.2. The number of hydrogen-bond donors (Lipinski definition) is 4. The highest BCUT2D eigenvalue weighted by Crippen LogP contribution is 2.21. The number of urea groups is 1. The maximum Gasteiger partial charge on any atom is 0.317 e. The number of benzene rings is 1. The Morgan fingerprint density at radius 1 is 1.36 bits per heavy atom. The highest BCUT2D eigenvalue weighted by molar-refractivity contribution is 6.30. The summed E-state index contributed by atoms with van der Waals surface area (Å²) in [7, 11) is 0. The van der Waals surface area contributed by atoms with E-state index in [-0.39, 0.29) is 29.5 Å². The Balaban J connectivity index is 1.96. The zero-order valence-corrected chi connectivity index (χ0v) is 14.6. The van der Waals surface area contributed by atoms with E-state index in [0.29, 0.717) is 38.2 Å². The molecule has 0 spiro atoms. The van der Waals surface area contributed by atoms with Crippen LogP contribution in [0.15, 0.2) is 18.2 Å². The molecule has 25 heavy (non-hydrogen) atoms. The highest BCUT2D eigenvalue weighted by Gasteiger charge is 2.32. The second-order valence-corrected chi connectivity index (χ2v) is 6.50. The van der Waals surface area contributed by atoms with E-state index in [1.807, 2.05) is 0 Å². The second kappa shape index (κ2) is 8.98. The van der Waals surface area contributed by atoms with Crippen molar-refractivity contribution in [2.45, 2.75) is 18.9 Å². The predicted molar refractivity (Wildman–Crippen MR) is 94.8 cm³/mol. The Labute approximate surface area is 150 Å². The molecule has 0 radical (unpaired) electrons. The predicted octanol–water partition coefficient (Wildman–Crippen LogP) is 1.13. The van der Waals surface area contributed by atoms with Crippen molar-refractivity contribution in [1.29, 1.82) is 0 Å². The van der Waals surface area contributed by atoms with Crippen molar-refractivity contribution in [3.63, 3.8) is 0 Å². The first-order valence-corrected chi connectivity index (χ1v) is 8.53. The molecule has 0 saturated carbocycles. The van der Waals surface area contributed by atoms with Crippen LogP contribution in [0.1, 0.15) is 12.8 Å². The van der Waals surface area contributed by atoms with Gasteiger partial charge in [0.05, 0.1) is 10.9 Å². The topological polar surface area (TPSA) is 113 Å². The van der Waals surface area contributed by atoms with E-state index in [0.717, 1.165) is 6.07 Å². The number of nitrogens with two attached hydrogens (primary N) is 2. The second-order valence-electron chi connectivity index (χ2n) is 6.09. The number of halogens is 2. The van der Waals surface area contributed by atoms with Gasteiger partial charge >= 0.3 is 6.03 Å². The van der Waals surface area contributed by atoms with Gasteiger partial charge in [0.25, 0.3) is 0 Å². The summed E-state index contributed by atoms with van der Waals surface area (Å²) < 4.78 is 13.5. The summed E-state index contributed by atoms with van der Waals surface area (Å²) in [6, 6.07) is 3.48. The monoisotopic (exact) mass is 371 g/mol. The van der Waals surface area contributed by atoms with Crippen molar-refractivity contribution in [2.24, 2.45) is 17.4 Å². The van der Waals surface area contributed by atoms with Gasteiger partial charge < -0.3 is 27.0 Å². The molecule has 2 atom stereocenters. The molecule has 1 aromatic rings. The zero-order valence-electron chi connectivity index (χ0n) is 13.8. The van der Waals surface area contributed by atoms with E-state index in [2.05, 4.69) is 10.6 Å². The van der Waals surface area contributed by atoms with Crippen LogP contribution in [0.2, 0.25) is 5.02 Å². The van der Waals surface area contributed by atoms with Crippen LogP contribution in [0.3, 0.4) is 0 Å². The van der Waals surface area contributed by atoms with E-state index >= 15 is 0 Å². The third-order valence-corrected chi connectivity index (χ3v) is 4.29. The van der Waals surface area contributed by atoms with Gasteiger partial charge in [0, 0.05) is 31.4 Å². The van der Waals surface area contributed by atoms with Crippen molar-refractivity contribution < 1.29 is 14.0 Å². The molecule has 1 heterocycles. The van der Waals surface area contributed by atoms with Gasteiger partial charge in [-0.15, -0.1) is 0 Å². The van der Waals surface area contributed by atoms with Crippen LogP contribution in [-0.4, -0.2) is 49.1 Å². The molecule has 3 amide bonds. The van der Waals surface area contributed by atoms with Crippen LogP contribution in [0.25, 0.3) is 0 Å². The molecule has 138 valence electrons. The van der Waals surface area contributed by atoms with E-state index < -0.39 is 11.7 Å². The van der Waals surface area contributed by atoms with E-state index in [1.165, 1.54) is 17.0 Å². The number of carbonyl (C=O) groups excluding carboxylic acids is 2. The number of nitrogens with zero attached hydrogens (tertiary/aromatic N) is 1. The lowest BCUT2D eigenvalue weighted by Crippen LogP contribution is -2.54. The van der Waals surface area contributed by atoms with E-state index in [1.54, 1.807) is 0 Å². The molecule has 1 unspecified atom stereocenters. The first kappa shape index (κ1) is 19.4. The third-order valence-electron chi connectivity index (χ3n) is 3.99. The van der Waals surface area contributed by atoms with Gasteiger partial charge in [0.15, 0.2) is 0 Å². The van der Waals surface area contributed by atoms with Crippen LogP contribution in [0, 0.1) is 11.7 Å². The number of likely N-dealkylation sites (tertiary alicyclic amines) is 1. The first-order valence-electron chi connectivity index (χ1n) is 8.15. The molecule has 1 aliphatic rings. The van der Waals surface area contributed by atoms with Crippen LogP contribution in [-0.2, 0) is 4.79 Å². The van der Waals surface area contributed by atoms with Crippen molar-refractivity contribution in [3.05, 3.63) is 29.0 Å². The number of anilines is 1. The van der Waals surface area contributed by atoms with E-state index in [4.69, 9.17) is 23.1 Å². The SMILES string of the molecule is NCCCNC(=O)N1CC(C(=O)Nc2ccc(Cl)c(F)c2)C[C@@H](N)C1. The minimum Gasteiger partial charge on any atom is -0.338 e. The zero-order chi connectivity index (χ0) is 18.4. The summed E-state index contributed by atoms with van der Waals surface area (Å²) in [4.78, 5) is 26.1. The Bertz CT molecular complexity index is 631. The fourth-order valence-electron chi connectivity index (χ4n) is 2.72. The maximum absolute atomic E-state index is 13.5. The molecular weight excluding hydrogens is 349 g/mol. The number of hydrogen-bond acceptors (Lipinski definition) is 4. The van der Waals surface area contributed by atoms with Gasteiger partial charge in [-0.25, -0.2) is 9.18 Å². The molecule has 1 aromatic carbocycles. The summed E-state index contributed by atoms with van der Waals surface area (Å²) >= 11 is 5.63.